The van der Waals surface area contributed by atoms with Crippen molar-refractivity contribution in [2.45, 2.75) is 19.6 Å². The van der Waals surface area contributed by atoms with Crippen LogP contribution in [0.5, 0.6) is 0 Å². The highest BCUT2D eigenvalue weighted by Crippen LogP contribution is 2.23. The number of likely N-dealkylation sites (N-methyl/N-ethyl adjacent to an activating group) is 1. The minimum Gasteiger partial charge on any atom is -0.449 e. The number of nitrogens with zero attached hydrogens (tertiary/aromatic N) is 1. The number of furan rings is 1. The predicted molar refractivity (Wildman–Crippen MR) is 102 cm³/mol. The van der Waals surface area contributed by atoms with Gasteiger partial charge in [-0.2, -0.15) is 0 Å². The lowest BCUT2D eigenvalue weighted by Gasteiger charge is -2.21. The number of rotatable bonds is 6. The molecule has 0 N–H and O–H groups in total. The molecule has 5 nitrogen and oxygen atoms in total. The van der Waals surface area contributed by atoms with E-state index in [0.717, 1.165) is 5.56 Å². The van der Waals surface area contributed by atoms with Crippen LogP contribution in [0.25, 0.3) is 11.3 Å². The summed E-state index contributed by atoms with van der Waals surface area (Å²) in [5.74, 6) is -1.02. The van der Waals surface area contributed by atoms with Crippen LogP contribution in [0.1, 0.15) is 23.0 Å². The van der Waals surface area contributed by atoms with Crippen molar-refractivity contribution in [1.29, 1.82) is 0 Å². The highest BCUT2D eigenvalue weighted by Gasteiger charge is 2.24. The molecule has 1 atom stereocenters. The molecule has 1 aromatic heterocycles. The van der Waals surface area contributed by atoms with Gasteiger partial charge in [-0.3, -0.25) is 4.79 Å². The van der Waals surface area contributed by atoms with Gasteiger partial charge in [0.05, 0.1) is 0 Å². The van der Waals surface area contributed by atoms with Crippen molar-refractivity contribution in [3.63, 3.8) is 0 Å². The summed E-state index contributed by atoms with van der Waals surface area (Å²) in [6.45, 7) is 1.93. The summed E-state index contributed by atoms with van der Waals surface area (Å²) in [6.07, 6.45) is -0.958. The molecule has 0 radical (unpaired) electrons. The molecule has 1 unspecified atom stereocenters. The molecule has 0 saturated carbocycles. The van der Waals surface area contributed by atoms with Crippen LogP contribution in [-0.2, 0) is 16.1 Å². The van der Waals surface area contributed by atoms with E-state index in [4.69, 9.17) is 9.15 Å². The molecule has 1 amide bonds. The molecule has 1 heterocycles. The monoisotopic (exact) mass is 381 g/mol. The summed E-state index contributed by atoms with van der Waals surface area (Å²) >= 11 is 0. The molecular formula is C22H20FNO4. The van der Waals surface area contributed by atoms with Gasteiger partial charge in [-0.25, -0.2) is 9.18 Å². The molecule has 2 aromatic carbocycles. The first-order chi connectivity index (χ1) is 13.4. The average molecular weight is 381 g/mol. The van der Waals surface area contributed by atoms with Gasteiger partial charge in [-0.1, -0.05) is 30.3 Å². The lowest BCUT2D eigenvalue weighted by molar-refractivity contribution is -0.139. The largest absolute Gasteiger partial charge is 0.449 e. The highest BCUT2D eigenvalue weighted by atomic mass is 19.1. The van der Waals surface area contributed by atoms with E-state index in [0.29, 0.717) is 17.9 Å². The Balaban J connectivity index is 1.60. The van der Waals surface area contributed by atoms with Crippen molar-refractivity contribution in [1.82, 2.24) is 4.90 Å². The van der Waals surface area contributed by atoms with Crippen LogP contribution in [0.2, 0.25) is 0 Å². The molecule has 28 heavy (non-hydrogen) atoms. The molecule has 0 bridgehead atoms. The third-order valence-electron chi connectivity index (χ3n) is 4.21. The van der Waals surface area contributed by atoms with Crippen LogP contribution in [0.3, 0.4) is 0 Å². The summed E-state index contributed by atoms with van der Waals surface area (Å²) in [7, 11) is 1.65. The number of carbonyl (C=O) groups is 2. The van der Waals surface area contributed by atoms with Gasteiger partial charge in [0.25, 0.3) is 5.91 Å². The maximum Gasteiger partial charge on any atom is 0.375 e. The Labute approximate surface area is 162 Å². The quantitative estimate of drug-likeness (QED) is 0.598. The van der Waals surface area contributed by atoms with E-state index in [2.05, 4.69) is 0 Å². The van der Waals surface area contributed by atoms with Gasteiger partial charge < -0.3 is 14.1 Å². The van der Waals surface area contributed by atoms with Crippen molar-refractivity contribution in [3.8, 4) is 11.3 Å². The second-order valence-electron chi connectivity index (χ2n) is 6.40. The van der Waals surface area contributed by atoms with Crippen LogP contribution >= 0.6 is 0 Å². The number of ether oxygens (including phenoxy) is 1. The normalized spacial score (nSPS) is 11.7. The summed E-state index contributed by atoms with van der Waals surface area (Å²) in [6, 6.07) is 18.3. The fourth-order valence-corrected chi connectivity index (χ4v) is 2.73. The zero-order valence-corrected chi connectivity index (χ0v) is 15.6. The number of carbonyl (C=O) groups excluding carboxylic acids is 2. The van der Waals surface area contributed by atoms with Gasteiger partial charge in [-0.05, 0) is 48.9 Å². The molecule has 3 rings (SSSR count). The van der Waals surface area contributed by atoms with Crippen LogP contribution in [0.15, 0.2) is 71.1 Å². The Bertz CT molecular complexity index is 950. The second kappa shape index (κ2) is 8.52. The van der Waals surface area contributed by atoms with E-state index >= 15 is 0 Å². The maximum atomic E-state index is 13.0. The fraction of sp³-hybridized carbons (Fsp3) is 0.182. The van der Waals surface area contributed by atoms with Crippen LogP contribution < -0.4 is 0 Å². The molecule has 6 heteroatoms. The lowest BCUT2D eigenvalue weighted by Crippen LogP contribution is -2.37. The summed E-state index contributed by atoms with van der Waals surface area (Å²) in [5, 5.41) is 0. The van der Waals surface area contributed by atoms with Crippen molar-refractivity contribution in [2.75, 3.05) is 7.05 Å². The van der Waals surface area contributed by atoms with E-state index in [1.54, 1.807) is 25.2 Å². The predicted octanol–water partition coefficient (Wildman–Crippen LogP) is 4.29. The Hall–Kier alpha value is -3.41. The molecular weight excluding hydrogens is 361 g/mol. The van der Waals surface area contributed by atoms with Gasteiger partial charge in [0, 0.05) is 19.2 Å². The van der Waals surface area contributed by atoms with Crippen molar-refractivity contribution in [3.05, 3.63) is 83.9 Å². The number of hydrogen-bond donors (Lipinski definition) is 0. The zero-order chi connectivity index (χ0) is 20.1. The molecule has 0 aliphatic rings. The Kier molecular flexibility index (Phi) is 5.89. The number of halogens is 1. The summed E-state index contributed by atoms with van der Waals surface area (Å²) < 4.78 is 23.7. The standard InChI is InChI=1S/C22H20FNO4/c1-15(21(25)24(2)14-16-6-4-3-5-7-16)27-22(26)20-13-12-19(28-20)17-8-10-18(23)11-9-17/h3-13,15H,14H2,1-2H3. The third-order valence-corrected chi connectivity index (χ3v) is 4.21. The smallest absolute Gasteiger partial charge is 0.375 e. The molecule has 0 aliphatic carbocycles. The minimum atomic E-state index is -0.958. The fourth-order valence-electron chi connectivity index (χ4n) is 2.73. The number of benzene rings is 2. The second-order valence-corrected chi connectivity index (χ2v) is 6.40. The van der Waals surface area contributed by atoms with Crippen LogP contribution in [-0.4, -0.2) is 29.9 Å². The van der Waals surface area contributed by atoms with E-state index in [9.17, 15) is 14.0 Å². The molecule has 0 fully saturated rings. The summed E-state index contributed by atoms with van der Waals surface area (Å²) in [4.78, 5) is 26.2. The third kappa shape index (κ3) is 4.65. The van der Waals surface area contributed by atoms with Crippen LogP contribution in [0, 0.1) is 5.82 Å². The molecule has 3 aromatic rings. The van der Waals surface area contributed by atoms with E-state index in [1.807, 2.05) is 30.3 Å². The van der Waals surface area contributed by atoms with E-state index in [1.165, 1.54) is 30.0 Å². The topological polar surface area (TPSA) is 59.8 Å². The van der Waals surface area contributed by atoms with Gasteiger partial charge in [0.1, 0.15) is 11.6 Å². The molecule has 0 aliphatic heterocycles. The number of esters is 1. The number of hydrogen-bond acceptors (Lipinski definition) is 4. The summed E-state index contributed by atoms with van der Waals surface area (Å²) in [5.41, 5.74) is 1.61. The first-order valence-corrected chi connectivity index (χ1v) is 8.79. The van der Waals surface area contributed by atoms with Gasteiger partial charge >= 0.3 is 5.97 Å². The van der Waals surface area contributed by atoms with Gasteiger partial charge in [0.15, 0.2) is 6.10 Å². The van der Waals surface area contributed by atoms with E-state index in [-0.39, 0.29) is 17.5 Å². The number of amides is 1. The lowest BCUT2D eigenvalue weighted by atomic mass is 10.2. The van der Waals surface area contributed by atoms with Crippen molar-refractivity contribution in [2.24, 2.45) is 0 Å². The van der Waals surface area contributed by atoms with Gasteiger partial charge in [0.2, 0.25) is 5.76 Å². The first-order valence-electron chi connectivity index (χ1n) is 8.79. The SMILES string of the molecule is CC(OC(=O)c1ccc(-c2ccc(F)cc2)o1)C(=O)N(C)Cc1ccccc1. The highest BCUT2D eigenvalue weighted by molar-refractivity contribution is 5.90. The minimum absolute atomic E-state index is 0.0234. The van der Waals surface area contributed by atoms with E-state index < -0.39 is 12.1 Å². The maximum absolute atomic E-state index is 13.0. The van der Waals surface area contributed by atoms with Crippen molar-refractivity contribution >= 4 is 11.9 Å². The Morgan fingerprint density at radius 1 is 1.04 bits per heavy atom. The first kappa shape index (κ1) is 19.4. The molecule has 144 valence electrons. The average Bonchev–Trinajstić information content (AvgIpc) is 3.19. The van der Waals surface area contributed by atoms with Crippen molar-refractivity contribution < 1.29 is 23.1 Å². The van der Waals surface area contributed by atoms with Crippen LogP contribution in [0.4, 0.5) is 4.39 Å². The van der Waals surface area contributed by atoms with Gasteiger partial charge in [-0.15, -0.1) is 0 Å². The molecule has 0 spiro atoms. The zero-order valence-electron chi connectivity index (χ0n) is 15.6. The Morgan fingerprint density at radius 3 is 2.39 bits per heavy atom. The Morgan fingerprint density at radius 2 is 1.71 bits per heavy atom. The molecule has 0 saturated heterocycles.